The van der Waals surface area contributed by atoms with Gasteiger partial charge >= 0.3 is 12.1 Å². The van der Waals surface area contributed by atoms with E-state index in [0.717, 1.165) is 30.1 Å². The first-order valence-electron chi connectivity index (χ1n) is 6.53. The predicted molar refractivity (Wildman–Crippen MR) is 84.8 cm³/mol. The van der Waals surface area contributed by atoms with Gasteiger partial charge in [-0.3, -0.25) is 4.79 Å². The summed E-state index contributed by atoms with van der Waals surface area (Å²) in [5, 5.41) is 10.9. The summed E-state index contributed by atoms with van der Waals surface area (Å²) in [5.41, 5.74) is -1.77. The fraction of sp³-hybridized carbons (Fsp3) is 0.143. The van der Waals surface area contributed by atoms with Gasteiger partial charge in [0.15, 0.2) is 10.9 Å². The van der Waals surface area contributed by atoms with Crippen LogP contribution in [0.25, 0.3) is 0 Å². The Labute approximate surface area is 148 Å². The number of amides is 1. The molecule has 1 aromatic heterocycles. The average Bonchev–Trinajstić information content (AvgIpc) is 2.53. The van der Waals surface area contributed by atoms with Gasteiger partial charge in [-0.15, -0.1) is 0 Å². The molecule has 0 radical (unpaired) electrons. The average molecular weight is 392 g/mol. The summed E-state index contributed by atoms with van der Waals surface area (Å²) in [7, 11) is 0. The third-order valence-corrected chi connectivity index (χ3v) is 3.90. The van der Waals surface area contributed by atoms with E-state index in [1.54, 1.807) is 0 Å². The molecule has 2 N–H and O–H groups in total. The lowest BCUT2D eigenvalue weighted by Gasteiger charge is -2.13. The number of carbonyl (C=O) groups excluding carboxylic acids is 1. The zero-order valence-corrected chi connectivity index (χ0v) is 13.7. The maximum Gasteiger partial charge on any atom is 0.418 e. The summed E-state index contributed by atoms with van der Waals surface area (Å²) < 4.78 is 38.6. The molecule has 0 saturated heterocycles. The van der Waals surface area contributed by atoms with Gasteiger partial charge in [-0.25, -0.2) is 14.8 Å². The highest BCUT2D eigenvalue weighted by atomic mass is 35.5. The van der Waals surface area contributed by atoms with Crippen LogP contribution in [0.3, 0.4) is 0 Å². The molecule has 0 aliphatic heterocycles. The SMILES string of the molecule is O=C(CSc1ncc(Cl)c(C(=O)O)n1)Nc1ccccc1C(F)(F)F. The van der Waals surface area contributed by atoms with Gasteiger partial charge in [-0.2, -0.15) is 13.2 Å². The molecule has 0 aliphatic carbocycles. The number of thioether (sulfide) groups is 1. The van der Waals surface area contributed by atoms with E-state index < -0.39 is 29.3 Å². The molecule has 1 amide bonds. The van der Waals surface area contributed by atoms with E-state index in [2.05, 4.69) is 15.3 Å². The van der Waals surface area contributed by atoms with Crippen LogP contribution in [0.5, 0.6) is 0 Å². The number of alkyl halides is 3. The standard InChI is InChI=1S/C14H9ClF3N3O3S/c15-8-5-19-13(21-11(8)12(23)24)25-6-10(22)20-9-4-2-1-3-7(9)14(16,17)18/h1-5H,6H2,(H,20,22)(H,23,24). The smallest absolute Gasteiger partial charge is 0.418 e. The molecule has 0 fully saturated rings. The van der Waals surface area contributed by atoms with E-state index in [0.29, 0.717) is 0 Å². The van der Waals surface area contributed by atoms with Crippen LogP contribution in [0.2, 0.25) is 5.02 Å². The zero-order valence-electron chi connectivity index (χ0n) is 12.2. The highest BCUT2D eigenvalue weighted by Gasteiger charge is 2.33. The monoisotopic (exact) mass is 391 g/mol. The van der Waals surface area contributed by atoms with E-state index >= 15 is 0 Å². The summed E-state index contributed by atoms with van der Waals surface area (Å²) in [5.74, 6) is -2.40. The quantitative estimate of drug-likeness (QED) is 0.598. The van der Waals surface area contributed by atoms with Crippen LogP contribution in [-0.4, -0.2) is 32.7 Å². The minimum Gasteiger partial charge on any atom is -0.476 e. The number of benzene rings is 1. The fourth-order valence-electron chi connectivity index (χ4n) is 1.73. The highest BCUT2D eigenvalue weighted by molar-refractivity contribution is 7.99. The molecule has 0 atom stereocenters. The first-order valence-corrected chi connectivity index (χ1v) is 7.89. The molecular weight excluding hydrogens is 383 g/mol. The zero-order chi connectivity index (χ0) is 18.6. The Morgan fingerprint density at radius 3 is 2.60 bits per heavy atom. The molecular formula is C14H9ClF3N3O3S. The Bertz CT molecular complexity index is 817. The number of anilines is 1. The summed E-state index contributed by atoms with van der Waals surface area (Å²) >= 11 is 6.38. The van der Waals surface area contributed by atoms with Crippen molar-refractivity contribution in [2.24, 2.45) is 0 Å². The predicted octanol–water partition coefficient (Wildman–Crippen LogP) is 3.58. The Kier molecular flexibility index (Phi) is 5.85. The lowest BCUT2D eigenvalue weighted by atomic mass is 10.1. The van der Waals surface area contributed by atoms with Gasteiger partial charge in [0, 0.05) is 0 Å². The van der Waals surface area contributed by atoms with Crippen molar-refractivity contribution >= 4 is 40.9 Å². The molecule has 2 rings (SSSR count). The fourth-order valence-corrected chi connectivity index (χ4v) is 2.51. The van der Waals surface area contributed by atoms with Crippen molar-refractivity contribution in [3.05, 3.63) is 46.7 Å². The minimum atomic E-state index is -4.60. The van der Waals surface area contributed by atoms with Crippen LogP contribution in [0.1, 0.15) is 16.1 Å². The number of hydrogen-bond donors (Lipinski definition) is 2. The van der Waals surface area contributed by atoms with Crippen molar-refractivity contribution in [2.75, 3.05) is 11.1 Å². The number of halogens is 4. The Hall–Kier alpha value is -2.33. The second kappa shape index (κ2) is 7.70. The number of rotatable bonds is 5. The number of carboxylic acids is 1. The van der Waals surface area contributed by atoms with Gasteiger partial charge in [0.25, 0.3) is 0 Å². The normalized spacial score (nSPS) is 11.2. The summed E-state index contributed by atoms with van der Waals surface area (Å²) in [6, 6.07) is 4.55. The molecule has 132 valence electrons. The molecule has 0 saturated carbocycles. The van der Waals surface area contributed by atoms with Gasteiger partial charge in [-0.1, -0.05) is 35.5 Å². The van der Waals surface area contributed by atoms with Crippen molar-refractivity contribution in [3.63, 3.8) is 0 Å². The summed E-state index contributed by atoms with van der Waals surface area (Å²) in [6.07, 6.45) is -3.54. The lowest BCUT2D eigenvalue weighted by Crippen LogP contribution is -2.18. The molecule has 1 aromatic carbocycles. The Morgan fingerprint density at radius 1 is 1.28 bits per heavy atom. The van der Waals surface area contributed by atoms with Crippen molar-refractivity contribution in [3.8, 4) is 0 Å². The Morgan fingerprint density at radius 2 is 1.96 bits per heavy atom. The third-order valence-electron chi connectivity index (χ3n) is 2.76. The molecule has 0 aliphatic rings. The van der Waals surface area contributed by atoms with E-state index in [1.807, 2.05) is 0 Å². The topological polar surface area (TPSA) is 92.2 Å². The number of para-hydroxylation sites is 1. The lowest BCUT2D eigenvalue weighted by molar-refractivity contribution is -0.137. The number of carbonyl (C=O) groups is 2. The van der Waals surface area contributed by atoms with E-state index in [9.17, 15) is 22.8 Å². The summed E-state index contributed by atoms with van der Waals surface area (Å²) in [4.78, 5) is 30.2. The first kappa shape index (κ1) is 19.0. The minimum absolute atomic E-state index is 0.0407. The second-order valence-corrected chi connectivity index (χ2v) is 5.88. The van der Waals surface area contributed by atoms with Gasteiger partial charge in [-0.05, 0) is 12.1 Å². The molecule has 0 unspecified atom stereocenters. The van der Waals surface area contributed by atoms with Crippen LogP contribution in [0, 0.1) is 0 Å². The molecule has 25 heavy (non-hydrogen) atoms. The van der Waals surface area contributed by atoms with E-state index in [-0.39, 0.29) is 21.6 Å². The van der Waals surface area contributed by atoms with Crippen LogP contribution in [-0.2, 0) is 11.0 Å². The largest absolute Gasteiger partial charge is 0.476 e. The third kappa shape index (κ3) is 5.07. The highest BCUT2D eigenvalue weighted by Crippen LogP contribution is 2.34. The van der Waals surface area contributed by atoms with Gasteiger partial charge in [0.2, 0.25) is 5.91 Å². The Balaban J connectivity index is 2.05. The van der Waals surface area contributed by atoms with Crippen molar-refractivity contribution in [1.29, 1.82) is 0 Å². The van der Waals surface area contributed by atoms with Gasteiger partial charge in [0.05, 0.1) is 28.2 Å². The molecule has 6 nitrogen and oxygen atoms in total. The maximum atomic E-state index is 12.9. The van der Waals surface area contributed by atoms with Crippen LogP contribution >= 0.6 is 23.4 Å². The van der Waals surface area contributed by atoms with Crippen LogP contribution in [0.4, 0.5) is 18.9 Å². The molecule has 11 heteroatoms. The maximum absolute atomic E-state index is 12.9. The number of nitrogens with zero attached hydrogens (tertiary/aromatic N) is 2. The van der Waals surface area contributed by atoms with Crippen LogP contribution < -0.4 is 5.32 Å². The number of aromatic nitrogens is 2. The van der Waals surface area contributed by atoms with Crippen LogP contribution in [0.15, 0.2) is 35.6 Å². The van der Waals surface area contributed by atoms with E-state index in [1.165, 1.54) is 12.1 Å². The number of aromatic carboxylic acids is 1. The van der Waals surface area contributed by atoms with Crippen molar-refractivity contribution in [1.82, 2.24) is 9.97 Å². The van der Waals surface area contributed by atoms with E-state index in [4.69, 9.17) is 16.7 Å². The van der Waals surface area contributed by atoms with Crippen molar-refractivity contribution < 1.29 is 27.9 Å². The molecule has 0 bridgehead atoms. The molecule has 2 aromatic rings. The summed E-state index contributed by atoms with van der Waals surface area (Å²) in [6.45, 7) is 0. The second-order valence-electron chi connectivity index (χ2n) is 4.53. The van der Waals surface area contributed by atoms with Crippen molar-refractivity contribution in [2.45, 2.75) is 11.3 Å². The molecule has 1 heterocycles. The number of carboxylic acid groups (broad SMARTS) is 1. The number of hydrogen-bond acceptors (Lipinski definition) is 5. The van der Waals surface area contributed by atoms with Gasteiger partial charge < -0.3 is 10.4 Å². The number of nitrogens with one attached hydrogen (secondary N) is 1. The van der Waals surface area contributed by atoms with Gasteiger partial charge in [0.1, 0.15) is 0 Å². The first-order chi connectivity index (χ1) is 11.7. The molecule has 0 spiro atoms.